The average molecular weight is 555 g/mol. The van der Waals surface area contributed by atoms with E-state index in [0.29, 0.717) is 11.5 Å². The Balaban J connectivity index is 1.47. The average Bonchev–Trinajstić information content (AvgIpc) is 3.28. The van der Waals surface area contributed by atoms with E-state index < -0.39 is 5.97 Å². The second kappa shape index (κ2) is 14.0. The lowest BCUT2D eigenvalue weighted by Crippen LogP contribution is -2.44. The highest BCUT2D eigenvalue weighted by Gasteiger charge is 2.41. The van der Waals surface area contributed by atoms with Crippen LogP contribution in [-0.4, -0.2) is 66.2 Å². The van der Waals surface area contributed by atoms with Crippen molar-refractivity contribution in [2.75, 3.05) is 37.5 Å². The van der Waals surface area contributed by atoms with Crippen molar-refractivity contribution in [3.8, 4) is 11.5 Å². The first kappa shape index (κ1) is 29.1. The molecule has 0 spiro atoms. The van der Waals surface area contributed by atoms with Gasteiger partial charge in [-0.15, -0.1) is 0 Å². The quantitative estimate of drug-likeness (QED) is 0.281. The van der Waals surface area contributed by atoms with Gasteiger partial charge in [0.05, 0.1) is 19.1 Å². The monoisotopic (exact) mass is 554 g/mol. The van der Waals surface area contributed by atoms with E-state index in [1.165, 1.54) is 42.6 Å². The molecule has 2 aromatic carbocycles. The molecular weight excluding hydrogens is 512 g/mol. The van der Waals surface area contributed by atoms with Gasteiger partial charge >= 0.3 is 5.97 Å². The third-order valence-corrected chi connectivity index (χ3v) is 8.67. The molecule has 39 heavy (non-hydrogen) atoms. The van der Waals surface area contributed by atoms with Gasteiger partial charge in [-0.2, -0.15) is 11.8 Å². The fraction of sp³-hybridized carbons (Fsp3) is 0.548. The van der Waals surface area contributed by atoms with Crippen LogP contribution in [-0.2, 0) is 4.79 Å². The molecule has 0 bridgehead atoms. The SMILES string of the molecule is CSCCCOc1ccc2c(c1)C(C)C(C(Nc1ccc(C(=O)N(C)CCC(=O)O)cc1)C1CCCCC1)O2. The van der Waals surface area contributed by atoms with Gasteiger partial charge in [-0.1, -0.05) is 26.2 Å². The summed E-state index contributed by atoms with van der Waals surface area (Å²) in [5.41, 5.74) is 2.71. The zero-order valence-electron chi connectivity index (χ0n) is 23.4. The molecule has 1 aliphatic heterocycles. The predicted molar refractivity (Wildman–Crippen MR) is 157 cm³/mol. The summed E-state index contributed by atoms with van der Waals surface area (Å²) in [6.45, 7) is 3.15. The minimum absolute atomic E-state index is 0.00157. The first-order valence-electron chi connectivity index (χ1n) is 14.1. The molecule has 4 rings (SSSR count). The second-order valence-electron chi connectivity index (χ2n) is 10.8. The number of thioether (sulfide) groups is 1. The molecular formula is C31H42N2O5S. The molecule has 1 heterocycles. The lowest BCUT2D eigenvalue weighted by molar-refractivity contribution is -0.137. The number of hydrogen-bond acceptors (Lipinski definition) is 6. The van der Waals surface area contributed by atoms with Gasteiger partial charge in [-0.3, -0.25) is 9.59 Å². The largest absolute Gasteiger partial charge is 0.494 e. The molecule has 2 aromatic rings. The Kier molecular flexibility index (Phi) is 10.4. The fourth-order valence-corrected chi connectivity index (χ4v) is 6.14. The first-order chi connectivity index (χ1) is 18.9. The van der Waals surface area contributed by atoms with E-state index in [0.717, 1.165) is 36.0 Å². The Labute approximate surface area is 236 Å². The third kappa shape index (κ3) is 7.62. The number of carboxylic acid groups (broad SMARTS) is 1. The van der Waals surface area contributed by atoms with Gasteiger partial charge in [-0.25, -0.2) is 0 Å². The Morgan fingerprint density at radius 1 is 1.15 bits per heavy atom. The summed E-state index contributed by atoms with van der Waals surface area (Å²) in [6.07, 6.45) is 9.18. The van der Waals surface area contributed by atoms with Crippen molar-refractivity contribution in [3.05, 3.63) is 53.6 Å². The normalized spacial score (nSPS) is 19.6. The number of carbonyl (C=O) groups excluding carboxylic acids is 1. The van der Waals surface area contributed by atoms with Gasteiger partial charge in [0.2, 0.25) is 0 Å². The van der Waals surface area contributed by atoms with Crippen LogP contribution in [0.15, 0.2) is 42.5 Å². The number of carboxylic acids is 1. The molecule has 1 fully saturated rings. The number of nitrogens with one attached hydrogen (secondary N) is 1. The number of benzene rings is 2. The van der Waals surface area contributed by atoms with Gasteiger partial charge in [0.25, 0.3) is 5.91 Å². The number of hydrogen-bond donors (Lipinski definition) is 2. The summed E-state index contributed by atoms with van der Waals surface area (Å²) in [5.74, 6) is 2.57. The van der Waals surface area contributed by atoms with Crippen molar-refractivity contribution in [1.29, 1.82) is 0 Å². The summed E-state index contributed by atoms with van der Waals surface area (Å²) in [5, 5.41) is 12.7. The summed E-state index contributed by atoms with van der Waals surface area (Å²) in [4.78, 5) is 25.0. The van der Waals surface area contributed by atoms with E-state index in [9.17, 15) is 9.59 Å². The molecule has 3 atom stereocenters. The molecule has 1 amide bonds. The van der Waals surface area contributed by atoms with E-state index in [1.54, 1.807) is 7.05 Å². The number of anilines is 1. The van der Waals surface area contributed by atoms with Crippen LogP contribution in [0.2, 0.25) is 0 Å². The first-order valence-corrected chi connectivity index (χ1v) is 15.5. The van der Waals surface area contributed by atoms with Crippen molar-refractivity contribution in [2.24, 2.45) is 5.92 Å². The fourth-order valence-electron chi connectivity index (χ4n) is 5.73. The molecule has 7 nitrogen and oxygen atoms in total. The third-order valence-electron chi connectivity index (χ3n) is 7.97. The van der Waals surface area contributed by atoms with Crippen molar-refractivity contribution >= 4 is 29.3 Å². The number of rotatable bonds is 13. The Morgan fingerprint density at radius 2 is 1.90 bits per heavy atom. The van der Waals surface area contributed by atoms with Crippen LogP contribution < -0.4 is 14.8 Å². The van der Waals surface area contributed by atoms with E-state index in [2.05, 4.69) is 30.6 Å². The Hall–Kier alpha value is -2.87. The van der Waals surface area contributed by atoms with Gasteiger partial charge in [-0.05, 0) is 79.7 Å². The Bertz CT molecular complexity index is 1100. The summed E-state index contributed by atoms with van der Waals surface area (Å²) >= 11 is 1.84. The molecule has 0 radical (unpaired) electrons. The summed E-state index contributed by atoms with van der Waals surface area (Å²) < 4.78 is 12.6. The smallest absolute Gasteiger partial charge is 0.305 e. The zero-order chi connectivity index (χ0) is 27.8. The van der Waals surface area contributed by atoms with E-state index in [1.807, 2.05) is 42.1 Å². The highest BCUT2D eigenvalue weighted by Crippen LogP contribution is 2.44. The summed E-state index contributed by atoms with van der Waals surface area (Å²) in [7, 11) is 1.63. The highest BCUT2D eigenvalue weighted by molar-refractivity contribution is 7.98. The maximum Gasteiger partial charge on any atom is 0.305 e. The molecule has 2 aliphatic rings. The molecule has 212 valence electrons. The Morgan fingerprint density at radius 3 is 2.59 bits per heavy atom. The second-order valence-corrected chi connectivity index (χ2v) is 11.8. The van der Waals surface area contributed by atoms with Gasteiger partial charge in [0.1, 0.15) is 17.6 Å². The van der Waals surface area contributed by atoms with Gasteiger partial charge in [0.15, 0.2) is 0 Å². The van der Waals surface area contributed by atoms with Crippen LogP contribution in [0, 0.1) is 5.92 Å². The number of carbonyl (C=O) groups is 2. The molecule has 3 unspecified atom stereocenters. The van der Waals surface area contributed by atoms with Crippen LogP contribution >= 0.6 is 11.8 Å². The molecule has 0 aromatic heterocycles. The van der Waals surface area contributed by atoms with Crippen molar-refractivity contribution in [2.45, 2.75) is 69.9 Å². The number of ether oxygens (including phenoxy) is 2. The van der Waals surface area contributed by atoms with E-state index in [-0.39, 0.29) is 36.9 Å². The number of aliphatic carboxylic acids is 1. The van der Waals surface area contributed by atoms with Crippen molar-refractivity contribution < 1.29 is 24.2 Å². The minimum atomic E-state index is -0.914. The zero-order valence-corrected chi connectivity index (χ0v) is 24.2. The van der Waals surface area contributed by atoms with E-state index in [4.69, 9.17) is 14.6 Å². The molecule has 1 saturated carbocycles. The van der Waals surface area contributed by atoms with Crippen LogP contribution in [0.1, 0.15) is 73.7 Å². The van der Waals surface area contributed by atoms with Crippen LogP contribution in [0.25, 0.3) is 0 Å². The number of fused-ring (bicyclic) bond motifs is 1. The van der Waals surface area contributed by atoms with Gasteiger partial charge < -0.3 is 24.8 Å². The van der Waals surface area contributed by atoms with Crippen LogP contribution in [0.5, 0.6) is 11.5 Å². The van der Waals surface area contributed by atoms with Gasteiger partial charge in [0, 0.05) is 36.3 Å². The van der Waals surface area contributed by atoms with Crippen molar-refractivity contribution in [3.63, 3.8) is 0 Å². The minimum Gasteiger partial charge on any atom is -0.494 e. The lowest BCUT2D eigenvalue weighted by Gasteiger charge is -2.36. The topological polar surface area (TPSA) is 88.1 Å². The van der Waals surface area contributed by atoms with E-state index >= 15 is 0 Å². The van der Waals surface area contributed by atoms with Crippen LogP contribution in [0.4, 0.5) is 5.69 Å². The molecule has 8 heteroatoms. The standard InChI is InChI=1S/C31H42N2O5S/c1-21-26-20-25(37-18-7-19-39-3)14-15-27(26)38-30(21)29(22-8-5-4-6-9-22)32-24-12-10-23(11-13-24)31(36)33(2)17-16-28(34)35/h10-15,20-22,29-30,32H,4-9,16-19H2,1-3H3,(H,34,35). The highest BCUT2D eigenvalue weighted by atomic mass is 32.2. The maximum atomic E-state index is 12.7. The number of amides is 1. The number of nitrogens with zero attached hydrogens (tertiary/aromatic N) is 1. The predicted octanol–water partition coefficient (Wildman–Crippen LogP) is 6.29. The molecule has 0 saturated heterocycles. The van der Waals surface area contributed by atoms with Crippen LogP contribution in [0.3, 0.4) is 0 Å². The van der Waals surface area contributed by atoms with Crippen molar-refractivity contribution in [1.82, 2.24) is 4.90 Å². The summed E-state index contributed by atoms with van der Waals surface area (Å²) in [6, 6.07) is 13.9. The molecule has 2 N–H and O–H groups in total. The lowest BCUT2D eigenvalue weighted by atomic mass is 9.78. The molecule has 1 aliphatic carbocycles. The maximum absolute atomic E-state index is 12.7.